The third-order valence-electron chi connectivity index (χ3n) is 2.80. The van der Waals surface area contributed by atoms with Crippen LogP contribution in [-0.2, 0) is 0 Å². The maximum atomic E-state index is 6.14. The number of aryl methyl sites for hydroxylation is 2. The third kappa shape index (κ3) is 3.61. The van der Waals surface area contributed by atoms with Crippen LogP contribution in [0.1, 0.15) is 24.5 Å². The van der Waals surface area contributed by atoms with E-state index in [-0.39, 0.29) is 0 Å². The molecule has 0 aliphatic heterocycles. The second kappa shape index (κ2) is 6.57. The van der Waals surface area contributed by atoms with Gasteiger partial charge in [-0.05, 0) is 43.5 Å². The van der Waals surface area contributed by atoms with Gasteiger partial charge in [0.05, 0.1) is 12.4 Å². The lowest BCUT2D eigenvalue weighted by molar-refractivity contribution is 0.460. The van der Waals surface area contributed by atoms with Gasteiger partial charge in [0.1, 0.15) is 11.6 Å². The number of nitrogens with zero attached hydrogens (tertiary/aromatic N) is 2. The molecular formula is C15H18ClN3O. The number of anilines is 1. The molecule has 0 saturated carbocycles. The molecule has 4 nitrogen and oxygen atoms in total. The first kappa shape index (κ1) is 14.6. The second-order valence-corrected chi connectivity index (χ2v) is 5.02. The van der Waals surface area contributed by atoms with Crippen molar-refractivity contribution in [2.45, 2.75) is 27.2 Å². The van der Waals surface area contributed by atoms with Crippen LogP contribution in [0.4, 0.5) is 5.82 Å². The van der Waals surface area contributed by atoms with E-state index in [1.54, 1.807) is 12.4 Å². The van der Waals surface area contributed by atoms with Crippen molar-refractivity contribution in [3.63, 3.8) is 0 Å². The number of benzene rings is 1. The van der Waals surface area contributed by atoms with Crippen molar-refractivity contribution < 1.29 is 4.74 Å². The zero-order valence-corrected chi connectivity index (χ0v) is 12.7. The van der Waals surface area contributed by atoms with E-state index in [4.69, 9.17) is 16.3 Å². The summed E-state index contributed by atoms with van der Waals surface area (Å²) in [4.78, 5) is 8.48. The first-order valence-corrected chi connectivity index (χ1v) is 6.98. The van der Waals surface area contributed by atoms with E-state index in [1.807, 2.05) is 26.0 Å². The van der Waals surface area contributed by atoms with Crippen LogP contribution in [0.5, 0.6) is 11.6 Å². The van der Waals surface area contributed by atoms with Gasteiger partial charge >= 0.3 is 0 Å². The lowest BCUT2D eigenvalue weighted by Crippen LogP contribution is -2.03. The Bertz CT molecular complexity index is 578. The van der Waals surface area contributed by atoms with Crippen LogP contribution >= 0.6 is 11.6 Å². The number of rotatable bonds is 5. The van der Waals surface area contributed by atoms with E-state index >= 15 is 0 Å². The van der Waals surface area contributed by atoms with Crippen LogP contribution in [0.25, 0.3) is 0 Å². The highest BCUT2D eigenvalue weighted by molar-refractivity contribution is 6.32. The summed E-state index contributed by atoms with van der Waals surface area (Å²) in [6.45, 7) is 6.86. The molecule has 1 heterocycles. The van der Waals surface area contributed by atoms with Crippen molar-refractivity contribution in [3.05, 3.63) is 40.7 Å². The van der Waals surface area contributed by atoms with Crippen LogP contribution < -0.4 is 10.1 Å². The van der Waals surface area contributed by atoms with Crippen molar-refractivity contribution in [3.8, 4) is 11.6 Å². The molecule has 0 saturated heterocycles. The Balaban J connectivity index is 2.17. The number of halogens is 1. The molecule has 0 bridgehead atoms. The quantitative estimate of drug-likeness (QED) is 0.889. The van der Waals surface area contributed by atoms with Crippen LogP contribution in [0, 0.1) is 13.8 Å². The maximum Gasteiger partial charge on any atom is 0.239 e. The first-order valence-electron chi connectivity index (χ1n) is 6.60. The number of nitrogens with one attached hydrogen (secondary N) is 1. The summed E-state index contributed by atoms with van der Waals surface area (Å²) in [7, 11) is 0. The summed E-state index contributed by atoms with van der Waals surface area (Å²) in [5, 5.41) is 3.94. The summed E-state index contributed by atoms with van der Waals surface area (Å²) in [6, 6.07) is 3.78. The predicted molar refractivity (Wildman–Crippen MR) is 81.8 cm³/mol. The van der Waals surface area contributed by atoms with E-state index in [1.165, 1.54) is 0 Å². The van der Waals surface area contributed by atoms with Gasteiger partial charge in [0.15, 0.2) is 0 Å². The fourth-order valence-corrected chi connectivity index (χ4v) is 1.93. The van der Waals surface area contributed by atoms with Crippen molar-refractivity contribution in [1.82, 2.24) is 9.97 Å². The molecule has 0 radical (unpaired) electrons. The second-order valence-electron chi connectivity index (χ2n) is 4.64. The van der Waals surface area contributed by atoms with Gasteiger partial charge in [0.2, 0.25) is 5.88 Å². The Morgan fingerprint density at radius 1 is 1.20 bits per heavy atom. The number of aromatic nitrogens is 2. The average molecular weight is 292 g/mol. The van der Waals surface area contributed by atoms with Crippen molar-refractivity contribution in [2.75, 3.05) is 11.9 Å². The molecule has 0 aliphatic rings. The van der Waals surface area contributed by atoms with Gasteiger partial charge in [-0.1, -0.05) is 18.5 Å². The van der Waals surface area contributed by atoms with Crippen LogP contribution in [0.3, 0.4) is 0 Å². The Morgan fingerprint density at radius 2 is 1.90 bits per heavy atom. The Labute approximate surface area is 124 Å². The zero-order valence-electron chi connectivity index (χ0n) is 11.9. The largest absolute Gasteiger partial charge is 0.437 e. The molecule has 0 unspecified atom stereocenters. The summed E-state index contributed by atoms with van der Waals surface area (Å²) in [5.41, 5.74) is 1.96. The highest BCUT2D eigenvalue weighted by atomic mass is 35.5. The number of ether oxygens (including phenoxy) is 1. The molecule has 1 aromatic carbocycles. The van der Waals surface area contributed by atoms with Crippen molar-refractivity contribution in [2.24, 2.45) is 0 Å². The van der Waals surface area contributed by atoms with E-state index in [2.05, 4.69) is 22.2 Å². The van der Waals surface area contributed by atoms with E-state index in [0.29, 0.717) is 17.4 Å². The SMILES string of the molecule is CCCNc1cncc(Oc2cc(C)c(Cl)c(C)c2)n1. The normalized spacial score (nSPS) is 10.4. The first-order chi connectivity index (χ1) is 9.60. The molecule has 2 rings (SSSR count). The standard InChI is InChI=1S/C15H18ClN3O/c1-4-5-18-13-8-17-9-14(19-13)20-12-6-10(2)15(16)11(3)7-12/h6-9H,4-5H2,1-3H3,(H,18,19). The Hall–Kier alpha value is -1.81. The monoisotopic (exact) mass is 291 g/mol. The summed E-state index contributed by atoms with van der Waals surface area (Å²) in [5.74, 6) is 1.89. The molecule has 5 heteroatoms. The minimum Gasteiger partial charge on any atom is -0.437 e. The van der Waals surface area contributed by atoms with E-state index in [0.717, 1.165) is 29.1 Å². The highest BCUT2D eigenvalue weighted by Gasteiger charge is 2.06. The molecule has 0 atom stereocenters. The highest BCUT2D eigenvalue weighted by Crippen LogP contribution is 2.28. The minimum atomic E-state index is 0.465. The lowest BCUT2D eigenvalue weighted by Gasteiger charge is -2.10. The molecule has 106 valence electrons. The van der Waals surface area contributed by atoms with Crippen molar-refractivity contribution >= 4 is 17.4 Å². The van der Waals surface area contributed by atoms with Gasteiger partial charge < -0.3 is 10.1 Å². The topological polar surface area (TPSA) is 47.0 Å². The molecule has 0 aliphatic carbocycles. The Morgan fingerprint density at radius 3 is 2.55 bits per heavy atom. The summed E-state index contributed by atoms with van der Waals surface area (Å²) < 4.78 is 5.74. The third-order valence-corrected chi connectivity index (χ3v) is 3.40. The molecule has 1 N–H and O–H groups in total. The van der Waals surface area contributed by atoms with E-state index < -0.39 is 0 Å². The summed E-state index contributed by atoms with van der Waals surface area (Å²) >= 11 is 6.14. The molecule has 20 heavy (non-hydrogen) atoms. The van der Waals surface area contributed by atoms with Gasteiger partial charge in [0, 0.05) is 11.6 Å². The lowest BCUT2D eigenvalue weighted by atomic mass is 10.1. The zero-order chi connectivity index (χ0) is 14.5. The summed E-state index contributed by atoms with van der Waals surface area (Å²) in [6.07, 6.45) is 4.31. The van der Waals surface area contributed by atoms with Gasteiger partial charge in [-0.15, -0.1) is 0 Å². The van der Waals surface area contributed by atoms with Crippen molar-refractivity contribution in [1.29, 1.82) is 0 Å². The van der Waals surface area contributed by atoms with Gasteiger partial charge in [-0.2, -0.15) is 4.98 Å². The fourth-order valence-electron chi connectivity index (χ4n) is 1.82. The average Bonchev–Trinajstić information content (AvgIpc) is 2.43. The van der Waals surface area contributed by atoms with Crippen LogP contribution in [0.15, 0.2) is 24.5 Å². The van der Waals surface area contributed by atoms with Gasteiger partial charge in [-0.3, -0.25) is 4.98 Å². The van der Waals surface area contributed by atoms with Crippen LogP contribution in [-0.4, -0.2) is 16.5 Å². The maximum absolute atomic E-state index is 6.14. The van der Waals surface area contributed by atoms with Gasteiger partial charge in [-0.25, -0.2) is 0 Å². The molecule has 2 aromatic rings. The molecule has 0 fully saturated rings. The van der Waals surface area contributed by atoms with Crippen LogP contribution in [0.2, 0.25) is 5.02 Å². The number of hydrogen-bond donors (Lipinski definition) is 1. The molecule has 0 spiro atoms. The minimum absolute atomic E-state index is 0.465. The molecular weight excluding hydrogens is 274 g/mol. The Kier molecular flexibility index (Phi) is 4.79. The molecule has 1 aromatic heterocycles. The fraction of sp³-hybridized carbons (Fsp3) is 0.333. The van der Waals surface area contributed by atoms with Gasteiger partial charge in [0.25, 0.3) is 0 Å². The number of hydrogen-bond acceptors (Lipinski definition) is 4. The predicted octanol–water partition coefficient (Wildman–Crippen LogP) is 4.36. The smallest absolute Gasteiger partial charge is 0.239 e. The molecule has 0 amide bonds. The van der Waals surface area contributed by atoms with E-state index in [9.17, 15) is 0 Å².